The Kier molecular flexibility index (Phi) is 6.12. The Morgan fingerprint density at radius 1 is 1.41 bits per heavy atom. The number of likely N-dealkylation sites (N-methyl/N-ethyl adjacent to an activating group) is 1. The first-order valence-corrected chi connectivity index (χ1v) is 9.03. The lowest BCUT2D eigenvalue weighted by Crippen LogP contribution is -2.53. The van der Waals surface area contributed by atoms with Crippen molar-refractivity contribution in [3.05, 3.63) is 41.8 Å². The zero-order valence-corrected chi connectivity index (χ0v) is 15.4. The van der Waals surface area contributed by atoms with Crippen LogP contribution in [0.15, 0.2) is 29.0 Å². The molecule has 1 fully saturated rings. The highest BCUT2D eigenvalue weighted by Crippen LogP contribution is 2.24. The van der Waals surface area contributed by atoms with Crippen molar-refractivity contribution in [2.45, 2.75) is 45.4 Å². The first-order valence-electron chi connectivity index (χ1n) is 9.03. The van der Waals surface area contributed by atoms with Crippen LogP contribution in [0, 0.1) is 0 Å². The molecule has 1 N–H and O–H groups in total. The Balaban J connectivity index is 1.76. The fraction of sp³-hybridized carbons (Fsp3) is 0.500. The second kappa shape index (κ2) is 8.72. The fourth-order valence-corrected chi connectivity index (χ4v) is 2.95. The summed E-state index contributed by atoms with van der Waals surface area (Å²) in [5, 5.41) is 6.76. The summed E-state index contributed by atoms with van der Waals surface area (Å²) < 4.78 is 10.8. The highest BCUT2D eigenvalue weighted by molar-refractivity contribution is 5.86. The Hall–Kier alpha value is -2.81. The first kappa shape index (κ1) is 19.0. The highest BCUT2D eigenvalue weighted by Gasteiger charge is 2.38. The van der Waals surface area contributed by atoms with E-state index in [4.69, 9.17) is 9.26 Å². The molecular weight excluding hydrogens is 350 g/mol. The number of morpholine rings is 1. The van der Waals surface area contributed by atoms with Gasteiger partial charge in [-0.15, -0.1) is 0 Å². The van der Waals surface area contributed by atoms with Crippen LogP contribution >= 0.6 is 0 Å². The van der Waals surface area contributed by atoms with Crippen molar-refractivity contribution in [3.8, 4) is 0 Å². The summed E-state index contributed by atoms with van der Waals surface area (Å²) in [5.74, 6) is 0.503. The molecule has 144 valence electrons. The first-order chi connectivity index (χ1) is 13.1. The van der Waals surface area contributed by atoms with Gasteiger partial charge in [0.1, 0.15) is 6.61 Å². The summed E-state index contributed by atoms with van der Waals surface area (Å²) in [6.45, 7) is 4.40. The quantitative estimate of drug-likeness (QED) is 0.771. The average Bonchev–Trinajstić information content (AvgIpc) is 3.13. The molecule has 1 saturated heterocycles. The lowest BCUT2D eigenvalue weighted by Gasteiger charge is -2.34. The molecule has 1 aliphatic heterocycles. The molecule has 0 saturated carbocycles. The summed E-state index contributed by atoms with van der Waals surface area (Å²) in [4.78, 5) is 34.9. The van der Waals surface area contributed by atoms with Crippen LogP contribution in [0.5, 0.6) is 0 Å². The molecule has 2 aromatic rings. The van der Waals surface area contributed by atoms with Crippen LogP contribution in [0.3, 0.4) is 0 Å². The van der Waals surface area contributed by atoms with Gasteiger partial charge in [0, 0.05) is 25.4 Å². The Bertz CT molecular complexity index is 779. The number of nitrogens with one attached hydrogen (secondary N) is 1. The minimum atomic E-state index is -0.839. The summed E-state index contributed by atoms with van der Waals surface area (Å²) in [5.41, 5.74) is 0.713. The number of ether oxygens (including phenoxy) is 1. The zero-order chi connectivity index (χ0) is 19.2. The number of hydrogen-bond donors (Lipinski definition) is 1. The Morgan fingerprint density at radius 2 is 2.26 bits per heavy atom. The van der Waals surface area contributed by atoms with E-state index in [2.05, 4.69) is 20.4 Å². The van der Waals surface area contributed by atoms with E-state index in [0.717, 1.165) is 6.42 Å². The molecule has 0 radical (unpaired) electrons. The summed E-state index contributed by atoms with van der Waals surface area (Å²) >= 11 is 0. The number of nitrogens with zero attached hydrogens (tertiary/aromatic N) is 4. The number of pyridine rings is 1. The largest absolute Gasteiger partial charge is 0.356 e. The van der Waals surface area contributed by atoms with Crippen LogP contribution in [0.25, 0.3) is 0 Å². The predicted molar refractivity (Wildman–Crippen MR) is 94.2 cm³/mol. The molecular formula is C18H23N5O4. The van der Waals surface area contributed by atoms with Gasteiger partial charge >= 0.3 is 0 Å². The van der Waals surface area contributed by atoms with Gasteiger partial charge in [-0.05, 0) is 25.0 Å². The van der Waals surface area contributed by atoms with Crippen molar-refractivity contribution in [2.75, 3.05) is 13.2 Å². The van der Waals surface area contributed by atoms with Crippen molar-refractivity contribution in [1.82, 2.24) is 25.3 Å². The summed E-state index contributed by atoms with van der Waals surface area (Å²) in [6.07, 6.45) is 4.02. The van der Waals surface area contributed by atoms with E-state index >= 15 is 0 Å². The van der Waals surface area contributed by atoms with Gasteiger partial charge in [0.2, 0.25) is 11.8 Å². The number of hydrogen-bond acceptors (Lipinski definition) is 7. The average molecular weight is 373 g/mol. The molecule has 0 spiro atoms. The van der Waals surface area contributed by atoms with Crippen LogP contribution in [0.1, 0.15) is 43.6 Å². The van der Waals surface area contributed by atoms with E-state index in [1.807, 2.05) is 13.8 Å². The third kappa shape index (κ3) is 4.48. The maximum Gasteiger partial charge on any atom is 0.254 e. The fourth-order valence-electron chi connectivity index (χ4n) is 2.95. The maximum atomic E-state index is 13.1. The van der Waals surface area contributed by atoms with E-state index in [9.17, 15) is 9.59 Å². The van der Waals surface area contributed by atoms with Crippen molar-refractivity contribution in [3.63, 3.8) is 0 Å². The van der Waals surface area contributed by atoms with Crippen molar-refractivity contribution < 1.29 is 18.8 Å². The number of carbonyl (C=O) groups is 2. The van der Waals surface area contributed by atoms with Gasteiger partial charge in [0.15, 0.2) is 11.9 Å². The van der Waals surface area contributed by atoms with Crippen molar-refractivity contribution in [2.24, 2.45) is 0 Å². The van der Waals surface area contributed by atoms with Crippen LogP contribution in [-0.2, 0) is 27.3 Å². The molecule has 2 atom stereocenters. The normalized spacial score (nSPS) is 19.6. The Labute approximate surface area is 157 Å². The Morgan fingerprint density at radius 3 is 2.96 bits per heavy atom. The van der Waals surface area contributed by atoms with Crippen molar-refractivity contribution >= 4 is 11.8 Å². The number of aryl methyl sites for hydroxylation is 1. The molecule has 9 nitrogen and oxygen atoms in total. The van der Waals surface area contributed by atoms with Crippen LogP contribution in [0.2, 0.25) is 0 Å². The van der Waals surface area contributed by atoms with Gasteiger partial charge in [-0.1, -0.05) is 18.1 Å². The molecule has 3 rings (SSSR count). The van der Waals surface area contributed by atoms with Crippen LogP contribution in [0.4, 0.5) is 0 Å². The van der Waals surface area contributed by atoms with E-state index in [-0.39, 0.29) is 25.0 Å². The molecule has 2 amide bonds. The SMILES string of the molecule is CCCc1nc(CN(CC)C(=O)[C@H]2OCC(=O)N[C@@H]2c2cccnc2)no1. The standard InChI is InChI=1S/C18H23N5O4/c1-3-6-15-20-13(22-27-15)10-23(4-2)18(25)17-16(21-14(24)11-26-17)12-7-5-8-19-9-12/h5,7-9,16-17H,3-4,6,10-11H2,1-2H3,(H,21,24)/t16-,17+/m1/s1. The maximum absolute atomic E-state index is 13.1. The lowest BCUT2D eigenvalue weighted by atomic mass is 10.0. The van der Waals surface area contributed by atoms with E-state index in [1.54, 1.807) is 29.4 Å². The van der Waals surface area contributed by atoms with Gasteiger partial charge in [0.05, 0.1) is 12.6 Å². The van der Waals surface area contributed by atoms with Gasteiger partial charge in [-0.25, -0.2) is 0 Å². The number of aromatic nitrogens is 3. The van der Waals surface area contributed by atoms with E-state index in [1.165, 1.54) is 0 Å². The summed E-state index contributed by atoms with van der Waals surface area (Å²) in [6, 6.07) is 2.96. The molecule has 0 unspecified atom stereocenters. The third-order valence-corrected chi connectivity index (χ3v) is 4.30. The van der Waals surface area contributed by atoms with Gasteiger partial charge < -0.3 is 19.5 Å². The van der Waals surface area contributed by atoms with Crippen molar-refractivity contribution in [1.29, 1.82) is 0 Å². The minimum Gasteiger partial charge on any atom is -0.356 e. The molecule has 27 heavy (non-hydrogen) atoms. The summed E-state index contributed by atoms with van der Waals surface area (Å²) in [7, 11) is 0. The second-order valence-corrected chi connectivity index (χ2v) is 6.27. The topological polar surface area (TPSA) is 110 Å². The zero-order valence-electron chi connectivity index (χ0n) is 15.4. The predicted octanol–water partition coefficient (Wildman–Crippen LogP) is 1.02. The molecule has 3 heterocycles. The highest BCUT2D eigenvalue weighted by atomic mass is 16.5. The van der Waals surface area contributed by atoms with Crippen LogP contribution < -0.4 is 5.32 Å². The molecule has 1 aliphatic rings. The lowest BCUT2D eigenvalue weighted by molar-refractivity contribution is -0.155. The smallest absolute Gasteiger partial charge is 0.254 e. The molecule has 0 aliphatic carbocycles. The second-order valence-electron chi connectivity index (χ2n) is 6.27. The van der Waals surface area contributed by atoms with Gasteiger partial charge in [-0.3, -0.25) is 14.6 Å². The number of carbonyl (C=O) groups excluding carboxylic acids is 2. The molecule has 9 heteroatoms. The van der Waals surface area contributed by atoms with E-state index in [0.29, 0.717) is 30.2 Å². The third-order valence-electron chi connectivity index (χ3n) is 4.30. The van der Waals surface area contributed by atoms with Crippen LogP contribution in [-0.4, -0.2) is 51.1 Å². The molecule has 0 bridgehead atoms. The van der Waals surface area contributed by atoms with E-state index < -0.39 is 12.1 Å². The number of amides is 2. The minimum absolute atomic E-state index is 0.159. The monoisotopic (exact) mass is 373 g/mol. The molecule has 0 aromatic carbocycles. The molecule has 2 aromatic heterocycles. The van der Waals surface area contributed by atoms with Gasteiger partial charge in [-0.2, -0.15) is 4.98 Å². The van der Waals surface area contributed by atoms with Gasteiger partial charge in [0.25, 0.3) is 5.91 Å². The number of rotatable bonds is 7.